The summed E-state index contributed by atoms with van der Waals surface area (Å²) in [5.74, 6) is 0.535. The summed E-state index contributed by atoms with van der Waals surface area (Å²) in [5.41, 5.74) is 3.95. The van der Waals surface area contributed by atoms with Crippen LogP contribution in [0, 0.1) is 13.8 Å². The molecule has 0 unspecified atom stereocenters. The predicted octanol–water partition coefficient (Wildman–Crippen LogP) is 3.23. The number of sulfonamides is 1. The fraction of sp³-hybridized carbons (Fsp3) is 0.238. The number of carbonyl (C=O) groups excluding carboxylic acids is 1. The average molecular weight is 429 g/mol. The van der Waals surface area contributed by atoms with Crippen molar-refractivity contribution in [1.29, 1.82) is 0 Å². The lowest BCUT2D eigenvalue weighted by atomic mass is 10.1. The smallest absolute Gasteiger partial charge is 0.319 e. The summed E-state index contributed by atoms with van der Waals surface area (Å²) in [7, 11) is -2.25. The van der Waals surface area contributed by atoms with Crippen LogP contribution >= 0.6 is 0 Å². The number of benzene rings is 2. The lowest BCUT2D eigenvalue weighted by Gasteiger charge is -2.11. The molecule has 0 aliphatic heterocycles. The number of anilines is 1. The predicted molar refractivity (Wildman–Crippen MR) is 115 cm³/mol. The van der Waals surface area contributed by atoms with Crippen LogP contribution in [0.2, 0.25) is 0 Å². The minimum Gasteiger partial charge on any atom is -0.444 e. The lowest BCUT2D eigenvalue weighted by Crippen LogP contribution is -2.31. The Balaban J connectivity index is 1.56. The van der Waals surface area contributed by atoms with Crippen molar-refractivity contribution >= 4 is 21.7 Å². The molecule has 1 heterocycles. The van der Waals surface area contributed by atoms with Gasteiger partial charge in [0.05, 0.1) is 10.6 Å². The number of amides is 2. The highest BCUT2D eigenvalue weighted by molar-refractivity contribution is 7.89. The normalized spacial score (nSPS) is 11.3. The van der Waals surface area contributed by atoms with Crippen LogP contribution in [0.25, 0.3) is 11.5 Å². The summed E-state index contributed by atoms with van der Waals surface area (Å²) in [6.07, 6.45) is 2.07. The second-order valence-electron chi connectivity index (χ2n) is 6.83. The van der Waals surface area contributed by atoms with E-state index in [0.717, 1.165) is 22.4 Å². The third-order valence-corrected chi connectivity index (χ3v) is 5.97. The Kier molecular flexibility index (Phi) is 6.53. The molecule has 3 N–H and O–H groups in total. The zero-order valence-corrected chi connectivity index (χ0v) is 17.8. The van der Waals surface area contributed by atoms with Crippen LogP contribution in [0.5, 0.6) is 0 Å². The van der Waals surface area contributed by atoms with Gasteiger partial charge in [0.2, 0.25) is 15.9 Å². The third kappa shape index (κ3) is 5.25. The molecule has 1 aromatic heterocycles. The van der Waals surface area contributed by atoms with E-state index in [4.69, 9.17) is 4.42 Å². The summed E-state index contributed by atoms with van der Waals surface area (Å²) in [5, 5.41) is 5.42. The van der Waals surface area contributed by atoms with Crippen molar-refractivity contribution in [2.45, 2.75) is 25.2 Å². The number of aromatic nitrogens is 1. The van der Waals surface area contributed by atoms with Gasteiger partial charge in [-0.2, -0.15) is 0 Å². The first-order valence-electron chi connectivity index (χ1n) is 9.39. The maximum absolute atomic E-state index is 12.2. The van der Waals surface area contributed by atoms with E-state index in [1.807, 2.05) is 31.2 Å². The second-order valence-corrected chi connectivity index (χ2v) is 8.71. The molecular weight excluding hydrogens is 404 g/mol. The fourth-order valence-electron chi connectivity index (χ4n) is 2.74. The maximum Gasteiger partial charge on any atom is 0.319 e. The fourth-order valence-corrected chi connectivity index (χ4v) is 3.50. The van der Waals surface area contributed by atoms with E-state index in [0.29, 0.717) is 24.5 Å². The van der Waals surface area contributed by atoms with E-state index in [2.05, 4.69) is 20.3 Å². The monoisotopic (exact) mass is 428 g/mol. The molecule has 0 spiro atoms. The Labute approximate surface area is 175 Å². The molecule has 2 aromatic carbocycles. The number of aryl methyl sites for hydroxylation is 2. The molecule has 3 rings (SSSR count). The Morgan fingerprint density at radius 3 is 2.53 bits per heavy atom. The van der Waals surface area contributed by atoms with Crippen molar-refractivity contribution in [3.8, 4) is 11.5 Å². The molecule has 2 amide bonds. The number of oxazole rings is 1. The first kappa shape index (κ1) is 21.5. The minimum atomic E-state index is -3.59. The number of urea groups is 1. The van der Waals surface area contributed by atoms with Crippen molar-refractivity contribution in [1.82, 2.24) is 15.0 Å². The largest absolute Gasteiger partial charge is 0.444 e. The van der Waals surface area contributed by atoms with E-state index < -0.39 is 16.1 Å². The molecule has 0 aliphatic carbocycles. The lowest BCUT2D eigenvalue weighted by molar-refractivity contribution is 0.252. The number of nitrogens with one attached hydrogen (secondary N) is 3. The van der Waals surface area contributed by atoms with Crippen molar-refractivity contribution in [2.75, 3.05) is 18.9 Å². The van der Waals surface area contributed by atoms with Crippen LogP contribution in [-0.4, -0.2) is 33.0 Å². The van der Waals surface area contributed by atoms with Gasteiger partial charge in [-0.05, 0) is 50.7 Å². The van der Waals surface area contributed by atoms with Crippen LogP contribution in [0.3, 0.4) is 0 Å². The van der Waals surface area contributed by atoms with Crippen molar-refractivity contribution in [2.24, 2.45) is 0 Å². The van der Waals surface area contributed by atoms with Crippen LogP contribution in [-0.2, 0) is 16.4 Å². The van der Waals surface area contributed by atoms with E-state index in [-0.39, 0.29) is 4.90 Å². The summed E-state index contributed by atoms with van der Waals surface area (Å²) < 4.78 is 31.7. The SMILES string of the molecule is CNS(=O)(=O)c1ccc(C)c(NC(=O)NCCc2coc(-c3ccc(C)cc3)n2)c1. The van der Waals surface area contributed by atoms with E-state index >= 15 is 0 Å². The van der Waals surface area contributed by atoms with E-state index in [1.54, 1.807) is 19.3 Å². The highest BCUT2D eigenvalue weighted by Crippen LogP contribution is 2.20. The Morgan fingerprint density at radius 1 is 1.10 bits per heavy atom. The highest BCUT2D eigenvalue weighted by atomic mass is 32.2. The van der Waals surface area contributed by atoms with Gasteiger partial charge in [-0.25, -0.2) is 22.9 Å². The van der Waals surface area contributed by atoms with E-state index in [1.165, 1.54) is 19.2 Å². The Bertz CT molecular complexity index is 1140. The van der Waals surface area contributed by atoms with Gasteiger partial charge in [-0.3, -0.25) is 0 Å². The molecule has 0 fully saturated rings. The third-order valence-electron chi connectivity index (χ3n) is 4.55. The summed E-state index contributed by atoms with van der Waals surface area (Å²) in [6, 6.07) is 12.0. The molecular formula is C21H24N4O4S. The molecule has 3 aromatic rings. The molecule has 8 nitrogen and oxygen atoms in total. The van der Waals surface area contributed by atoms with Gasteiger partial charge < -0.3 is 15.1 Å². The molecule has 0 radical (unpaired) electrons. The molecule has 0 saturated carbocycles. The maximum atomic E-state index is 12.2. The van der Waals surface area contributed by atoms with Crippen molar-refractivity contribution in [3.05, 3.63) is 65.5 Å². The molecule has 0 aliphatic rings. The highest BCUT2D eigenvalue weighted by Gasteiger charge is 2.14. The average Bonchev–Trinajstić information content (AvgIpc) is 3.19. The number of carbonyl (C=O) groups is 1. The Hall–Kier alpha value is -3.17. The topological polar surface area (TPSA) is 113 Å². The first-order chi connectivity index (χ1) is 14.3. The van der Waals surface area contributed by atoms with Gasteiger partial charge in [0.25, 0.3) is 0 Å². The van der Waals surface area contributed by atoms with Crippen molar-refractivity contribution in [3.63, 3.8) is 0 Å². The van der Waals surface area contributed by atoms with Crippen LogP contribution in [0.4, 0.5) is 10.5 Å². The van der Waals surface area contributed by atoms with Gasteiger partial charge in [0, 0.05) is 24.2 Å². The molecule has 9 heteroatoms. The molecule has 0 saturated heterocycles. The summed E-state index contributed by atoms with van der Waals surface area (Å²) in [4.78, 5) is 16.7. The zero-order chi connectivity index (χ0) is 21.7. The molecule has 30 heavy (non-hydrogen) atoms. The number of hydrogen-bond acceptors (Lipinski definition) is 5. The van der Waals surface area contributed by atoms with Crippen molar-refractivity contribution < 1.29 is 17.6 Å². The zero-order valence-electron chi connectivity index (χ0n) is 17.0. The van der Waals surface area contributed by atoms with Gasteiger partial charge >= 0.3 is 6.03 Å². The first-order valence-corrected chi connectivity index (χ1v) is 10.9. The standard InChI is InChI=1S/C21H24N4O4S/c1-14-4-7-16(8-5-14)20-24-17(13-29-20)10-11-23-21(26)25-19-12-18(9-6-15(19)2)30(27,28)22-3/h4-9,12-13,22H,10-11H2,1-3H3,(H2,23,25,26). The minimum absolute atomic E-state index is 0.0807. The summed E-state index contributed by atoms with van der Waals surface area (Å²) >= 11 is 0. The molecule has 0 bridgehead atoms. The summed E-state index contributed by atoms with van der Waals surface area (Å²) in [6.45, 7) is 4.14. The van der Waals surface area contributed by atoms with Crippen LogP contribution in [0.15, 0.2) is 58.0 Å². The van der Waals surface area contributed by atoms with Crippen LogP contribution in [0.1, 0.15) is 16.8 Å². The molecule has 158 valence electrons. The van der Waals surface area contributed by atoms with Gasteiger partial charge in [-0.1, -0.05) is 23.8 Å². The van der Waals surface area contributed by atoms with E-state index in [9.17, 15) is 13.2 Å². The molecule has 0 atom stereocenters. The number of hydrogen-bond donors (Lipinski definition) is 3. The van der Waals surface area contributed by atoms with Gasteiger partial charge in [-0.15, -0.1) is 0 Å². The van der Waals surface area contributed by atoms with Gasteiger partial charge in [0.1, 0.15) is 6.26 Å². The Morgan fingerprint density at radius 2 is 1.83 bits per heavy atom. The van der Waals surface area contributed by atoms with Gasteiger partial charge in [0.15, 0.2) is 0 Å². The number of nitrogens with zero attached hydrogens (tertiary/aromatic N) is 1. The van der Waals surface area contributed by atoms with Crippen LogP contribution < -0.4 is 15.4 Å². The number of rotatable bonds is 7. The quantitative estimate of drug-likeness (QED) is 0.535. The second kappa shape index (κ2) is 9.10.